The zero-order valence-corrected chi connectivity index (χ0v) is 19.8. The Bertz CT molecular complexity index is 1380. The van der Waals surface area contributed by atoms with Crippen molar-refractivity contribution < 1.29 is 4.79 Å². The Labute approximate surface area is 204 Å². The number of rotatable bonds is 3. The van der Waals surface area contributed by atoms with Crippen LogP contribution in [0.15, 0.2) is 94.8 Å². The van der Waals surface area contributed by atoms with Crippen LogP contribution in [0.1, 0.15) is 37.7 Å². The van der Waals surface area contributed by atoms with E-state index >= 15 is 0 Å². The number of para-hydroxylation sites is 1. The third kappa shape index (κ3) is 3.92. The second-order valence-electron chi connectivity index (χ2n) is 9.04. The summed E-state index contributed by atoms with van der Waals surface area (Å²) in [5.74, 6) is 0.0867. The first-order valence-electron chi connectivity index (χ1n) is 12.1. The van der Waals surface area contributed by atoms with Crippen molar-refractivity contribution in [1.82, 2.24) is 4.90 Å². The number of aliphatic imine (C=N–C) groups is 1. The van der Waals surface area contributed by atoms with E-state index in [1.54, 1.807) is 0 Å². The first kappa shape index (κ1) is 21.2. The molecule has 1 aliphatic carbocycles. The molecule has 1 saturated carbocycles. The Kier molecular flexibility index (Phi) is 5.68. The largest absolute Gasteiger partial charge is 0.283 e. The molecule has 1 saturated heterocycles. The van der Waals surface area contributed by atoms with Crippen LogP contribution in [-0.2, 0) is 4.79 Å². The topological polar surface area (TPSA) is 32.7 Å². The molecule has 4 aromatic carbocycles. The van der Waals surface area contributed by atoms with Gasteiger partial charge in [0.15, 0.2) is 5.17 Å². The highest BCUT2D eigenvalue weighted by Crippen LogP contribution is 2.40. The van der Waals surface area contributed by atoms with E-state index in [0.29, 0.717) is 0 Å². The molecule has 2 aliphatic rings. The van der Waals surface area contributed by atoms with E-state index in [9.17, 15) is 4.79 Å². The highest BCUT2D eigenvalue weighted by molar-refractivity contribution is 8.18. The lowest BCUT2D eigenvalue weighted by atomic mass is 9.94. The van der Waals surface area contributed by atoms with Crippen molar-refractivity contribution in [3.63, 3.8) is 0 Å². The van der Waals surface area contributed by atoms with Crippen molar-refractivity contribution in [3.05, 3.63) is 95.4 Å². The van der Waals surface area contributed by atoms with Crippen LogP contribution in [0, 0.1) is 0 Å². The summed E-state index contributed by atoms with van der Waals surface area (Å²) in [5, 5.41) is 5.51. The Balaban J connectivity index is 1.50. The van der Waals surface area contributed by atoms with Gasteiger partial charge in [-0.1, -0.05) is 86.0 Å². The van der Waals surface area contributed by atoms with Crippen LogP contribution in [0.4, 0.5) is 5.69 Å². The van der Waals surface area contributed by atoms with Gasteiger partial charge < -0.3 is 0 Å². The third-order valence-electron chi connectivity index (χ3n) is 6.85. The van der Waals surface area contributed by atoms with Gasteiger partial charge in [0.1, 0.15) is 0 Å². The highest BCUT2D eigenvalue weighted by Gasteiger charge is 2.38. The molecule has 0 bridgehead atoms. The van der Waals surface area contributed by atoms with Crippen LogP contribution in [0.5, 0.6) is 0 Å². The summed E-state index contributed by atoms with van der Waals surface area (Å²) in [6.07, 6.45) is 7.78. The van der Waals surface area contributed by atoms with Crippen molar-refractivity contribution in [2.45, 2.75) is 38.1 Å². The van der Waals surface area contributed by atoms with E-state index in [2.05, 4.69) is 60.7 Å². The first-order valence-corrected chi connectivity index (χ1v) is 12.9. The Morgan fingerprint density at radius 2 is 1.41 bits per heavy atom. The molecular weight excluding hydrogens is 436 g/mol. The van der Waals surface area contributed by atoms with Crippen molar-refractivity contribution in [2.75, 3.05) is 0 Å². The summed E-state index contributed by atoms with van der Waals surface area (Å²) >= 11 is 1.51. The summed E-state index contributed by atoms with van der Waals surface area (Å²) in [6, 6.07) is 29.3. The van der Waals surface area contributed by atoms with Gasteiger partial charge in [-0.15, -0.1) is 0 Å². The number of hydrogen-bond acceptors (Lipinski definition) is 3. The van der Waals surface area contributed by atoms with Crippen molar-refractivity contribution in [1.29, 1.82) is 0 Å². The zero-order chi connectivity index (χ0) is 22.9. The molecule has 6 rings (SSSR count). The lowest BCUT2D eigenvalue weighted by Gasteiger charge is -2.30. The third-order valence-corrected chi connectivity index (χ3v) is 7.83. The number of fused-ring (bicyclic) bond motifs is 2. The normalized spacial score (nSPS) is 19.6. The number of carbonyl (C=O) groups is 1. The molecule has 0 atom stereocenters. The van der Waals surface area contributed by atoms with Crippen LogP contribution in [-0.4, -0.2) is 22.0 Å². The molecule has 0 unspecified atom stereocenters. The number of thioether (sulfide) groups is 1. The summed E-state index contributed by atoms with van der Waals surface area (Å²) in [5.41, 5.74) is 1.99. The fourth-order valence-electron chi connectivity index (χ4n) is 5.17. The maximum absolute atomic E-state index is 13.8. The van der Waals surface area contributed by atoms with Crippen LogP contribution in [0.3, 0.4) is 0 Å². The Hall–Kier alpha value is -3.37. The molecule has 168 valence electrons. The maximum Gasteiger partial charge on any atom is 0.267 e. The van der Waals surface area contributed by atoms with Crippen molar-refractivity contribution >= 4 is 56.1 Å². The summed E-state index contributed by atoms with van der Waals surface area (Å²) in [6.45, 7) is 0. The fraction of sp³-hybridized carbons (Fsp3) is 0.200. The average molecular weight is 463 g/mol. The van der Waals surface area contributed by atoms with Crippen molar-refractivity contribution in [3.8, 4) is 0 Å². The van der Waals surface area contributed by atoms with Gasteiger partial charge >= 0.3 is 0 Å². The highest BCUT2D eigenvalue weighted by atomic mass is 32.2. The number of hydrogen-bond donors (Lipinski definition) is 0. The fourth-order valence-corrected chi connectivity index (χ4v) is 6.21. The number of benzene rings is 4. The standard InChI is InChI=1S/C30H26N2OS/c33-29-28(20-27-25-17-9-7-11-21(25)19-22-12-8-10-18-26(22)27)34-30(31-23-13-3-1-4-14-23)32(29)24-15-5-2-6-16-24/h1,3-4,7-14,17-20,24H,2,5-6,15-16H2/b28-20-,31-30?. The lowest BCUT2D eigenvalue weighted by molar-refractivity contribution is -0.124. The minimum Gasteiger partial charge on any atom is -0.283 e. The van der Waals surface area contributed by atoms with Gasteiger partial charge in [-0.05, 0) is 76.0 Å². The van der Waals surface area contributed by atoms with Crippen LogP contribution < -0.4 is 0 Å². The average Bonchev–Trinajstić information content (AvgIpc) is 3.19. The molecule has 2 fully saturated rings. The maximum atomic E-state index is 13.8. The monoisotopic (exact) mass is 462 g/mol. The smallest absolute Gasteiger partial charge is 0.267 e. The Morgan fingerprint density at radius 1 is 0.794 bits per heavy atom. The van der Waals surface area contributed by atoms with Gasteiger partial charge in [-0.3, -0.25) is 9.69 Å². The summed E-state index contributed by atoms with van der Waals surface area (Å²) in [4.78, 5) is 21.5. The summed E-state index contributed by atoms with van der Waals surface area (Å²) in [7, 11) is 0. The number of amides is 1. The molecule has 1 heterocycles. The van der Waals surface area contributed by atoms with Crippen LogP contribution >= 0.6 is 11.8 Å². The van der Waals surface area contributed by atoms with Crippen LogP contribution in [0.2, 0.25) is 0 Å². The van der Waals surface area contributed by atoms with E-state index in [0.717, 1.165) is 34.2 Å². The lowest BCUT2D eigenvalue weighted by Crippen LogP contribution is -2.40. The molecule has 4 aromatic rings. The van der Waals surface area contributed by atoms with Gasteiger partial charge in [-0.2, -0.15) is 0 Å². The molecule has 0 spiro atoms. The van der Waals surface area contributed by atoms with Gasteiger partial charge in [0, 0.05) is 6.04 Å². The van der Waals surface area contributed by atoms with Gasteiger partial charge in [0.25, 0.3) is 5.91 Å². The van der Waals surface area contributed by atoms with Gasteiger partial charge in [0.2, 0.25) is 0 Å². The molecule has 1 amide bonds. The van der Waals surface area contributed by atoms with Crippen molar-refractivity contribution in [2.24, 2.45) is 4.99 Å². The van der Waals surface area contributed by atoms with E-state index in [1.807, 2.05) is 35.2 Å². The molecule has 0 N–H and O–H groups in total. The predicted molar refractivity (Wildman–Crippen MR) is 144 cm³/mol. The Morgan fingerprint density at radius 3 is 2.09 bits per heavy atom. The molecule has 3 nitrogen and oxygen atoms in total. The first-order chi connectivity index (χ1) is 16.8. The molecule has 34 heavy (non-hydrogen) atoms. The van der Waals surface area contributed by atoms with E-state index in [4.69, 9.17) is 4.99 Å². The second-order valence-corrected chi connectivity index (χ2v) is 10.0. The molecule has 0 radical (unpaired) electrons. The predicted octanol–water partition coefficient (Wildman–Crippen LogP) is 7.93. The number of carbonyl (C=O) groups excluding carboxylic acids is 1. The van der Waals surface area contributed by atoms with E-state index in [-0.39, 0.29) is 11.9 Å². The second kappa shape index (κ2) is 9.11. The van der Waals surface area contributed by atoms with Crippen LogP contribution in [0.25, 0.3) is 27.6 Å². The summed E-state index contributed by atoms with van der Waals surface area (Å²) < 4.78 is 0. The molecular formula is C30H26N2OS. The minimum absolute atomic E-state index is 0.0867. The van der Waals surface area contributed by atoms with Gasteiger partial charge in [0.05, 0.1) is 10.6 Å². The molecule has 0 aromatic heterocycles. The van der Waals surface area contributed by atoms with E-state index < -0.39 is 0 Å². The molecule has 4 heteroatoms. The molecule has 1 aliphatic heterocycles. The number of amidine groups is 1. The quantitative estimate of drug-likeness (QED) is 0.229. The SMILES string of the molecule is O=C1/C(=C/c2c3ccccc3cc3ccccc23)SC(=Nc2ccccc2)N1C1CCCCC1. The number of nitrogens with zero attached hydrogens (tertiary/aromatic N) is 2. The van der Waals surface area contributed by atoms with Gasteiger partial charge in [-0.25, -0.2) is 4.99 Å². The minimum atomic E-state index is 0.0867. The zero-order valence-electron chi connectivity index (χ0n) is 19.0. The van der Waals surface area contributed by atoms with E-state index in [1.165, 1.54) is 52.6 Å².